The molecule has 0 fully saturated rings. The normalized spacial score (nSPS) is 13.0. The Bertz CT molecular complexity index is 746. The molecular weight excluding hydrogens is 435 g/mol. The third-order valence-corrected chi connectivity index (χ3v) is 3.97. The van der Waals surface area contributed by atoms with E-state index in [4.69, 9.17) is 9.47 Å². The molecule has 0 saturated carbocycles. The number of hydrogen-bond donors (Lipinski definition) is 2. The van der Waals surface area contributed by atoms with E-state index < -0.39 is 0 Å². The summed E-state index contributed by atoms with van der Waals surface area (Å²) >= 11 is 0. The standard InChI is InChI=1S/C16H22N6O2.HI/c1-17-16(18-10-15-21-20-14-5-4-8-22(14)15)19-11-6-7-12(23-2)13(9-11)24-3;/h6-7,9H,4-5,8,10H2,1-3H3,(H2,17,18,19);1H. The number of hydrogen-bond acceptors (Lipinski definition) is 5. The Labute approximate surface area is 164 Å². The molecule has 0 atom stereocenters. The van der Waals surface area contributed by atoms with Crippen molar-refractivity contribution < 1.29 is 9.47 Å². The number of benzene rings is 1. The molecule has 1 aliphatic heterocycles. The first kappa shape index (κ1) is 19.3. The minimum atomic E-state index is 0. The van der Waals surface area contributed by atoms with Gasteiger partial charge in [0.25, 0.3) is 0 Å². The summed E-state index contributed by atoms with van der Waals surface area (Å²) in [5.74, 6) is 3.99. The average molecular weight is 458 g/mol. The van der Waals surface area contributed by atoms with Crippen molar-refractivity contribution in [1.82, 2.24) is 20.1 Å². The number of guanidine groups is 1. The SMILES string of the molecule is CN=C(NCc1nnc2n1CCC2)Nc1ccc(OC)c(OC)c1.I. The fourth-order valence-electron chi connectivity index (χ4n) is 2.73. The molecule has 3 rings (SSSR count). The van der Waals surface area contributed by atoms with Gasteiger partial charge in [0, 0.05) is 31.8 Å². The summed E-state index contributed by atoms with van der Waals surface area (Å²) in [4.78, 5) is 4.24. The first-order valence-electron chi connectivity index (χ1n) is 7.85. The number of methoxy groups -OCH3 is 2. The van der Waals surface area contributed by atoms with E-state index in [0.29, 0.717) is 24.0 Å². The van der Waals surface area contributed by atoms with Crippen LogP contribution in [0.2, 0.25) is 0 Å². The largest absolute Gasteiger partial charge is 0.493 e. The molecule has 2 N–H and O–H groups in total. The summed E-state index contributed by atoms with van der Waals surface area (Å²) in [6.45, 7) is 1.56. The van der Waals surface area contributed by atoms with Gasteiger partial charge in [0.05, 0.1) is 20.8 Å². The third-order valence-electron chi connectivity index (χ3n) is 3.97. The third kappa shape index (κ3) is 4.33. The van der Waals surface area contributed by atoms with Crippen LogP contribution in [-0.4, -0.2) is 42.0 Å². The summed E-state index contributed by atoms with van der Waals surface area (Å²) in [6, 6.07) is 5.61. The zero-order chi connectivity index (χ0) is 16.9. The minimum Gasteiger partial charge on any atom is -0.493 e. The van der Waals surface area contributed by atoms with E-state index in [0.717, 1.165) is 36.7 Å². The molecule has 2 aromatic rings. The van der Waals surface area contributed by atoms with Crippen LogP contribution in [0.4, 0.5) is 5.69 Å². The van der Waals surface area contributed by atoms with E-state index in [2.05, 4.69) is 30.4 Å². The van der Waals surface area contributed by atoms with Crippen molar-refractivity contribution in [2.24, 2.45) is 4.99 Å². The number of nitrogens with zero attached hydrogens (tertiary/aromatic N) is 4. The van der Waals surface area contributed by atoms with Crippen molar-refractivity contribution in [2.45, 2.75) is 25.9 Å². The molecule has 0 unspecified atom stereocenters. The van der Waals surface area contributed by atoms with Gasteiger partial charge in [0.15, 0.2) is 23.3 Å². The van der Waals surface area contributed by atoms with E-state index in [1.54, 1.807) is 21.3 Å². The van der Waals surface area contributed by atoms with Crippen LogP contribution in [0, 0.1) is 0 Å². The first-order chi connectivity index (χ1) is 11.7. The van der Waals surface area contributed by atoms with E-state index in [-0.39, 0.29) is 24.0 Å². The van der Waals surface area contributed by atoms with Crippen molar-refractivity contribution >= 4 is 35.6 Å². The zero-order valence-corrected chi connectivity index (χ0v) is 16.9. The van der Waals surface area contributed by atoms with Gasteiger partial charge >= 0.3 is 0 Å². The Morgan fingerprint density at radius 1 is 1.24 bits per heavy atom. The molecular formula is C16H23IN6O2. The van der Waals surface area contributed by atoms with Gasteiger partial charge in [-0.25, -0.2) is 0 Å². The lowest BCUT2D eigenvalue weighted by Crippen LogP contribution is -2.31. The average Bonchev–Trinajstić information content (AvgIpc) is 3.22. The van der Waals surface area contributed by atoms with Crippen LogP contribution in [-0.2, 0) is 19.5 Å². The molecule has 0 saturated heterocycles. The number of ether oxygens (including phenoxy) is 2. The van der Waals surface area contributed by atoms with Gasteiger partial charge in [0.1, 0.15) is 5.82 Å². The Morgan fingerprint density at radius 3 is 2.76 bits per heavy atom. The molecule has 8 nitrogen and oxygen atoms in total. The first-order valence-corrected chi connectivity index (χ1v) is 7.85. The van der Waals surface area contributed by atoms with Crippen LogP contribution in [0.1, 0.15) is 18.1 Å². The maximum atomic E-state index is 5.31. The van der Waals surface area contributed by atoms with Crippen LogP contribution in [0.5, 0.6) is 11.5 Å². The Balaban J connectivity index is 0.00000225. The summed E-state index contributed by atoms with van der Waals surface area (Å²) in [5.41, 5.74) is 0.854. The van der Waals surface area contributed by atoms with Crippen LogP contribution < -0.4 is 20.1 Å². The summed E-state index contributed by atoms with van der Waals surface area (Å²) in [6.07, 6.45) is 2.14. The van der Waals surface area contributed by atoms with E-state index in [1.807, 2.05) is 18.2 Å². The second kappa shape index (κ2) is 8.88. The lowest BCUT2D eigenvalue weighted by molar-refractivity contribution is 0.355. The molecule has 0 bridgehead atoms. The lowest BCUT2D eigenvalue weighted by Gasteiger charge is -2.14. The van der Waals surface area contributed by atoms with Gasteiger partial charge in [-0.2, -0.15) is 0 Å². The molecule has 1 aromatic carbocycles. The smallest absolute Gasteiger partial charge is 0.195 e. The summed E-state index contributed by atoms with van der Waals surface area (Å²) in [5, 5.41) is 14.9. The molecule has 0 amide bonds. The van der Waals surface area contributed by atoms with E-state index in [9.17, 15) is 0 Å². The highest BCUT2D eigenvalue weighted by Crippen LogP contribution is 2.29. The topological polar surface area (TPSA) is 85.6 Å². The maximum absolute atomic E-state index is 5.31. The van der Waals surface area contributed by atoms with Crippen molar-refractivity contribution in [3.8, 4) is 11.5 Å². The van der Waals surface area contributed by atoms with Crippen molar-refractivity contribution in [3.05, 3.63) is 29.8 Å². The number of halogens is 1. The van der Waals surface area contributed by atoms with Gasteiger partial charge in [-0.1, -0.05) is 0 Å². The molecule has 2 heterocycles. The monoisotopic (exact) mass is 458 g/mol. The van der Waals surface area contributed by atoms with Crippen LogP contribution >= 0.6 is 24.0 Å². The number of fused-ring (bicyclic) bond motifs is 1. The van der Waals surface area contributed by atoms with Crippen LogP contribution in [0.15, 0.2) is 23.2 Å². The molecule has 0 aliphatic carbocycles. The number of anilines is 1. The molecule has 25 heavy (non-hydrogen) atoms. The molecule has 1 aromatic heterocycles. The number of nitrogens with one attached hydrogen (secondary N) is 2. The highest BCUT2D eigenvalue weighted by molar-refractivity contribution is 14.0. The zero-order valence-electron chi connectivity index (χ0n) is 14.6. The highest BCUT2D eigenvalue weighted by atomic mass is 127. The fourth-order valence-corrected chi connectivity index (χ4v) is 2.73. The van der Waals surface area contributed by atoms with Gasteiger partial charge in [0.2, 0.25) is 0 Å². The maximum Gasteiger partial charge on any atom is 0.195 e. The lowest BCUT2D eigenvalue weighted by atomic mass is 10.3. The quantitative estimate of drug-likeness (QED) is 0.406. The Morgan fingerprint density at radius 2 is 2.04 bits per heavy atom. The van der Waals surface area contributed by atoms with E-state index in [1.165, 1.54) is 0 Å². The van der Waals surface area contributed by atoms with Crippen molar-refractivity contribution in [2.75, 3.05) is 26.6 Å². The number of rotatable bonds is 5. The van der Waals surface area contributed by atoms with Gasteiger partial charge in [-0.05, 0) is 18.6 Å². The fraction of sp³-hybridized carbons (Fsp3) is 0.438. The molecule has 136 valence electrons. The highest BCUT2D eigenvalue weighted by Gasteiger charge is 2.17. The van der Waals surface area contributed by atoms with Gasteiger partial charge in [-0.3, -0.25) is 4.99 Å². The summed E-state index contributed by atoms with van der Waals surface area (Å²) < 4.78 is 12.7. The van der Waals surface area contributed by atoms with Crippen molar-refractivity contribution in [1.29, 1.82) is 0 Å². The molecule has 0 radical (unpaired) electrons. The predicted octanol–water partition coefficient (Wildman–Crippen LogP) is 2.05. The molecule has 1 aliphatic rings. The van der Waals surface area contributed by atoms with E-state index >= 15 is 0 Å². The van der Waals surface area contributed by atoms with Gasteiger partial charge < -0.3 is 24.7 Å². The second-order valence-electron chi connectivity index (χ2n) is 5.41. The number of aryl methyl sites for hydroxylation is 1. The van der Waals surface area contributed by atoms with Gasteiger partial charge in [-0.15, -0.1) is 34.2 Å². The molecule has 0 spiro atoms. The number of aromatic nitrogens is 3. The number of aliphatic imine (C=N–C) groups is 1. The summed E-state index contributed by atoms with van der Waals surface area (Å²) in [7, 11) is 4.95. The van der Waals surface area contributed by atoms with Crippen LogP contribution in [0.3, 0.4) is 0 Å². The molecule has 9 heteroatoms. The Hall–Kier alpha value is -2.04. The second-order valence-corrected chi connectivity index (χ2v) is 5.41. The van der Waals surface area contributed by atoms with Crippen molar-refractivity contribution in [3.63, 3.8) is 0 Å². The van der Waals surface area contributed by atoms with Crippen LogP contribution in [0.25, 0.3) is 0 Å². The predicted molar refractivity (Wildman–Crippen MR) is 107 cm³/mol. The minimum absolute atomic E-state index is 0. The Kier molecular flexibility index (Phi) is 6.85.